The molecule has 2 atom stereocenters. The summed E-state index contributed by atoms with van der Waals surface area (Å²) in [5.41, 5.74) is 0. The highest BCUT2D eigenvalue weighted by molar-refractivity contribution is 5.80. The molecule has 17 heavy (non-hydrogen) atoms. The minimum absolute atomic E-state index is 0.637. The van der Waals surface area contributed by atoms with Gasteiger partial charge in [-0.25, -0.2) is 0 Å². The summed E-state index contributed by atoms with van der Waals surface area (Å²) in [5.74, 6) is 2.78. The van der Waals surface area contributed by atoms with Crippen LogP contribution in [0.2, 0.25) is 0 Å². The van der Waals surface area contributed by atoms with Gasteiger partial charge in [-0.05, 0) is 50.9 Å². The molecule has 2 aliphatic carbocycles. The number of hydrogen-bond acceptors (Lipinski definition) is 1. The largest absolute Gasteiger partial charge is 0.354 e. The van der Waals surface area contributed by atoms with Crippen molar-refractivity contribution in [2.24, 2.45) is 16.8 Å². The number of guanidine groups is 1. The maximum absolute atomic E-state index is 4.55. The molecule has 2 N–H and O–H groups in total. The minimum Gasteiger partial charge on any atom is -0.354 e. The second kappa shape index (κ2) is 5.74. The first-order chi connectivity index (χ1) is 8.19. The maximum Gasteiger partial charge on any atom is 0.191 e. The Kier molecular flexibility index (Phi) is 4.30. The van der Waals surface area contributed by atoms with Crippen molar-refractivity contribution < 1.29 is 0 Å². The average Bonchev–Trinajstić information content (AvgIpc) is 2.98. The van der Waals surface area contributed by atoms with E-state index in [1.807, 2.05) is 0 Å². The van der Waals surface area contributed by atoms with Crippen molar-refractivity contribution in [2.45, 2.75) is 65.0 Å². The molecule has 0 bridgehead atoms. The van der Waals surface area contributed by atoms with Crippen LogP contribution in [0.5, 0.6) is 0 Å². The lowest BCUT2D eigenvalue weighted by Gasteiger charge is -2.28. The zero-order chi connectivity index (χ0) is 12.3. The second-order valence-electron chi connectivity index (χ2n) is 5.89. The Morgan fingerprint density at radius 1 is 1.12 bits per heavy atom. The molecule has 98 valence electrons. The van der Waals surface area contributed by atoms with Crippen LogP contribution in [0.15, 0.2) is 4.99 Å². The van der Waals surface area contributed by atoms with E-state index in [-0.39, 0.29) is 0 Å². The molecule has 0 aromatic carbocycles. The summed E-state index contributed by atoms with van der Waals surface area (Å²) in [6.45, 7) is 7.62. The Bertz CT molecular complexity index is 267. The van der Waals surface area contributed by atoms with Crippen molar-refractivity contribution in [3.63, 3.8) is 0 Å². The molecule has 0 aliphatic heterocycles. The van der Waals surface area contributed by atoms with Gasteiger partial charge in [0.1, 0.15) is 0 Å². The van der Waals surface area contributed by atoms with Crippen LogP contribution in [-0.4, -0.2) is 24.6 Å². The maximum atomic E-state index is 4.55. The molecule has 2 aliphatic rings. The van der Waals surface area contributed by atoms with Gasteiger partial charge in [0.25, 0.3) is 0 Å². The van der Waals surface area contributed by atoms with Gasteiger partial charge in [0.05, 0.1) is 0 Å². The quantitative estimate of drug-likeness (QED) is 0.584. The Morgan fingerprint density at radius 3 is 2.29 bits per heavy atom. The first-order valence-electron chi connectivity index (χ1n) is 7.26. The molecule has 0 heterocycles. The third-order valence-electron chi connectivity index (χ3n) is 4.10. The average molecular weight is 237 g/mol. The lowest BCUT2D eigenvalue weighted by atomic mass is 9.87. The van der Waals surface area contributed by atoms with Crippen molar-refractivity contribution in [1.29, 1.82) is 0 Å². The summed E-state index contributed by atoms with van der Waals surface area (Å²) < 4.78 is 0. The van der Waals surface area contributed by atoms with E-state index in [0.717, 1.165) is 24.3 Å². The van der Waals surface area contributed by atoms with E-state index in [4.69, 9.17) is 0 Å². The van der Waals surface area contributed by atoms with Crippen LogP contribution in [0.1, 0.15) is 52.9 Å². The number of rotatable bonds is 3. The number of aliphatic imine (C=N–C) groups is 1. The third kappa shape index (κ3) is 3.90. The lowest BCUT2D eigenvalue weighted by molar-refractivity contribution is 0.329. The van der Waals surface area contributed by atoms with Crippen LogP contribution >= 0.6 is 0 Å². The van der Waals surface area contributed by atoms with E-state index in [1.165, 1.54) is 32.1 Å². The fourth-order valence-electron chi connectivity index (χ4n) is 2.59. The van der Waals surface area contributed by atoms with E-state index in [2.05, 4.69) is 36.4 Å². The molecule has 0 spiro atoms. The van der Waals surface area contributed by atoms with Crippen molar-refractivity contribution in [3.8, 4) is 0 Å². The molecule has 2 saturated carbocycles. The summed E-state index contributed by atoms with van der Waals surface area (Å²) in [6, 6.07) is 1.30. The topological polar surface area (TPSA) is 36.4 Å². The van der Waals surface area contributed by atoms with Crippen molar-refractivity contribution in [1.82, 2.24) is 10.6 Å². The van der Waals surface area contributed by atoms with Gasteiger partial charge < -0.3 is 10.6 Å². The lowest BCUT2D eigenvalue weighted by Crippen LogP contribution is -2.45. The molecule has 2 rings (SSSR count). The molecule has 0 amide bonds. The van der Waals surface area contributed by atoms with Crippen LogP contribution in [-0.2, 0) is 0 Å². The zero-order valence-corrected chi connectivity index (χ0v) is 11.5. The van der Waals surface area contributed by atoms with E-state index >= 15 is 0 Å². The van der Waals surface area contributed by atoms with Crippen LogP contribution < -0.4 is 10.6 Å². The first-order valence-corrected chi connectivity index (χ1v) is 7.26. The van der Waals surface area contributed by atoms with Gasteiger partial charge in [-0.15, -0.1) is 0 Å². The molecule has 2 unspecified atom stereocenters. The smallest absolute Gasteiger partial charge is 0.191 e. The van der Waals surface area contributed by atoms with Crippen molar-refractivity contribution in [2.75, 3.05) is 6.54 Å². The normalized spacial score (nSPS) is 37.7. The fraction of sp³-hybridized carbons (Fsp3) is 0.929. The Labute approximate surface area is 105 Å². The molecule has 0 radical (unpaired) electrons. The van der Waals surface area contributed by atoms with E-state index in [0.29, 0.717) is 12.1 Å². The number of nitrogens with zero attached hydrogens (tertiary/aromatic N) is 1. The monoisotopic (exact) mass is 237 g/mol. The summed E-state index contributed by atoms with van der Waals surface area (Å²) in [4.78, 5) is 4.55. The Balaban J connectivity index is 1.78. The van der Waals surface area contributed by atoms with Crippen molar-refractivity contribution in [3.05, 3.63) is 0 Å². The second-order valence-corrected chi connectivity index (χ2v) is 5.89. The third-order valence-corrected chi connectivity index (χ3v) is 4.10. The zero-order valence-electron chi connectivity index (χ0n) is 11.5. The van der Waals surface area contributed by atoms with Gasteiger partial charge in [0.2, 0.25) is 0 Å². The molecule has 0 aromatic rings. The predicted molar refractivity (Wildman–Crippen MR) is 73.2 cm³/mol. The summed E-state index contributed by atoms with van der Waals surface area (Å²) in [6.07, 6.45) is 6.61. The molecule has 2 fully saturated rings. The van der Waals surface area contributed by atoms with E-state index < -0.39 is 0 Å². The highest BCUT2D eigenvalue weighted by Gasteiger charge is 2.33. The molecular weight excluding hydrogens is 210 g/mol. The molecule has 0 aromatic heterocycles. The molecule has 3 nitrogen and oxygen atoms in total. The van der Waals surface area contributed by atoms with Gasteiger partial charge in [-0.2, -0.15) is 0 Å². The number of nitrogens with one attached hydrogen (secondary N) is 2. The van der Waals surface area contributed by atoms with Gasteiger partial charge in [0.15, 0.2) is 5.96 Å². The van der Waals surface area contributed by atoms with Crippen LogP contribution in [0.4, 0.5) is 0 Å². The van der Waals surface area contributed by atoms with Crippen molar-refractivity contribution >= 4 is 5.96 Å². The van der Waals surface area contributed by atoms with Gasteiger partial charge >= 0.3 is 0 Å². The highest BCUT2D eigenvalue weighted by atomic mass is 15.2. The summed E-state index contributed by atoms with van der Waals surface area (Å²) in [5, 5.41) is 7.15. The number of hydrogen-bond donors (Lipinski definition) is 2. The molecular formula is C14H27N3. The molecule has 0 saturated heterocycles. The highest BCUT2D eigenvalue weighted by Crippen LogP contribution is 2.29. The van der Waals surface area contributed by atoms with E-state index in [9.17, 15) is 0 Å². The predicted octanol–water partition coefficient (Wildman–Crippen LogP) is 2.53. The molecule has 3 heteroatoms. The first kappa shape index (κ1) is 12.7. The van der Waals surface area contributed by atoms with Crippen LogP contribution in [0.25, 0.3) is 0 Å². The fourth-order valence-corrected chi connectivity index (χ4v) is 2.59. The summed E-state index contributed by atoms with van der Waals surface area (Å²) >= 11 is 0. The van der Waals surface area contributed by atoms with Crippen LogP contribution in [0.3, 0.4) is 0 Å². The van der Waals surface area contributed by atoms with Gasteiger partial charge in [-0.3, -0.25) is 4.99 Å². The van der Waals surface area contributed by atoms with Gasteiger partial charge in [-0.1, -0.05) is 13.8 Å². The van der Waals surface area contributed by atoms with Gasteiger partial charge in [0, 0.05) is 18.6 Å². The standard InChI is InChI=1S/C14H27N3/c1-4-15-14(17-13-9-11(13)3)16-12-7-5-10(2)6-8-12/h10-13H,4-9H2,1-3H3,(H2,15,16,17). The van der Waals surface area contributed by atoms with Crippen LogP contribution in [0, 0.1) is 11.8 Å². The Hall–Kier alpha value is -0.730. The minimum atomic E-state index is 0.637. The summed E-state index contributed by atoms with van der Waals surface area (Å²) in [7, 11) is 0. The SMILES string of the molecule is CCN=C(NC1CCC(C)CC1)NC1CC1C. The van der Waals surface area contributed by atoms with E-state index in [1.54, 1.807) is 0 Å². The Morgan fingerprint density at radius 2 is 1.76 bits per heavy atom.